The molecular formula is C76H50BN3. The first-order valence-corrected chi connectivity index (χ1v) is 27.7. The predicted octanol–water partition coefficient (Wildman–Crippen LogP) is 18.4. The van der Waals surface area contributed by atoms with E-state index in [4.69, 9.17) is 0 Å². The number of hydrogen-bond acceptors (Lipinski definition) is 2. The summed E-state index contributed by atoms with van der Waals surface area (Å²) in [7, 11) is 0. The summed E-state index contributed by atoms with van der Waals surface area (Å²) in [6, 6.07) is 112. The molecule has 2 aliphatic rings. The monoisotopic (exact) mass is 1020 g/mol. The van der Waals surface area contributed by atoms with Gasteiger partial charge in [0.2, 0.25) is 0 Å². The molecule has 0 amide bonds. The molecule has 2 aliphatic heterocycles. The number of fused-ring (bicyclic) bond motifs is 8. The topological polar surface area (TPSA) is 11.4 Å². The summed E-state index contributed by atoms with van der Waals surface area (Å²) in [4.78, 5) is 5.10. The van der Waals surface area contributed by atoms with E-state index in [2.05, 4.69) is 318 Å². The number of aromatic nitrogens is 1. The lowest BCUT2D eigenvalue weighted by Crippen LogP contribution is -2.61. The van der Waals surface area contributed by atoms with E-state index in [1.165, 1.54) is 93.6 Å². The van der Waals surface area contributed by atoms with Crippen LogP contribution in [0.4, 0.5) is 34.1 Å². The Labute approximate surface area is 466 Å². The third-order valence-corrected chi connectivity index (χ3v) is 16.8. The fourth-order valence-electron chi connectivity index (χ4n) is 13.1. The maximum absolute atomic E-state index is 2.55. The molecule has 0 atom stereocenters. The molecule has 372 valence electrons. The number of nitrogens with zero attached hydrogens (tertiary/aromatic N) is 3. The average molecular weight is 1020 g/mol. The Hall–Kier alpha value is -10.4. The van der Waals surface area contributed by atoms with Crippen LogP contribution in [-0.4, -0.2) is 11.3 Å². The minimum atomic E-state index is -0.118. The van der Waals surface area contributed by atoms with Gasteiger partial charge in [0.25, 0.3) is 6.71 Å². The van der Waals surface area contributed by atoms with Crippen molar-refractivity contribution in [1.29, 1.82) is 0 Å². The lowest BCUT2D eigenvalue weighted by Gasteiger charge is -2.44. The zero-order valence-electron chi connectivity index (χ0n) is 43.8. The van der Waals surface area contributed by atoms with Crippen LogP contribution in [0.5, 0.6) is 0 Å². The van der Waals surface area contributed by atoms with Crippen LogP contribution in [0.25, 0.3) is 93.9 Å². The highest BCUT2D eigenvalue weighted by Crippen LogP contribution is 2.48. The van der Waals surface area contributed by atoms with Gasteiger partial charge >= 0.3 is 0 Å². The van der Waals surface area contributed by atoms with Crippen LogP contribution in [0.3, 0.4) is 0 Å². The normalized spacial score (nSPS) is 12.4. The van der Waals surface area contributed by atoms with Crippen LogP contribution < -0.4 is 26.2 Å². The Bertz CT molecular complexity index is 4480. The molecule has 0 bridgehead atoms. The van der Waals surface area contributed by atoms with E-state index in [-0.39, 0.29) is 6.71 Å². The molecule has 0 saturated heterocycles. The van der Waals surface area contributed by atoms with Gasteiger partial charge in [0.1, 0.15) is 0 Å². The average Bonchev–Trinajstić information content (AvgIpc) is 4.02. The van der Waals surface area contributed by atoms with Gasteiger partial charge in [-0.3, -0.25) is 0 Å². The van der Waals surface area contributed by atoms with E-state index in [0.29, 0.717) is 0 Å². The first-order valence-electron chi connectivity index (χ1n) is 27.7. The Morgan fingerprint density at radius 3 is 1.19 bits per heavy atom. The highest BCUT2D eigenvalue weighted by atomic mass is 15.2. The molecular weight excluding hydrogens is 966 g/mol. The van der Waals surface area contributed by atoms with E-state index in [1.807, 2.05) is 0 Å². The Morgan fingerprint density at radius 1 is 0.237 bits per heavy atom. The van der Waals surface area contributed by atoms with Crippen molar-refractivity contribution in [2.45, 2.75) is 0 Å². The molecule has 0 aliphatic carbocycles. The fourth-order valence-corrected chi connectivity index (χ4v) is 13.1. The molecule has 0 saturated carbocycles. The summed E-state index contributed by atoms with van der Waals surface area (Å²) in [6.07, 6.45) is 0. The van der Waals surface area contributed by atoms with Gasteiger partial charge in [0.05, 0.1) is 16.7 Å². The van der Waals surface area contributed by atoms with Crippen molar-refractivity contribution >= 4 is 89.8 Å². The second-order valence-electron chi connectivity index (χ2n) is 21.2. The molecule has 16 rings (SSSR count). The zero-order chi connectivity index (χ0) is 52.7. The first-order chi connectivity index (χ1) is 39.7. The quantitative estimate of drug-likeness (QED) is 0.141. The molecule has 3 heterocycles. The summed E-state index contributed by atoms with van der Waals surface area (Å²) >= 11 is 0. The zero-order valence-corrected chi connectivity index (χ0v) is 43.8. The first kappa shape index (κ1) is 45.7. The third-order valence-electron chi connectivity index (χ3n) is 16.8. The highest BCUT2D eigenvalue weighted by Gasteiger charge is 2.44. The van der Waals surface area contributed by atoms with Gasteiger partial charge in [-0.15, -0.1) is 0 Å². The van der Waals surface area contributed by atoms with E-state index >= 15 is 0 Å². The Balaban J connectivity index is 0.996. The molecule has 0 radical (unpaired) electrons. The smallest absolute Gasteiger partial charge is 0.252 e. The Kier molecular flexibility index (Phi) is 10.7. The molecule has 80 heavy (non-hydrogen) atoms. The molecule has 13 aromatic carbocycles. The van der Waals surface area contributed by atoms with Crippen LogP contribution in [-0.2, 0) is 0 Å². The van der Waals surface area contributed by atoms with Crippen molar-refractivity contribution in [2.24, 2.45) is 0 Å². The molecule has 4 heteroatoms. The maximum atomic E-state index is 2.55. The van der Waals surface area contributed by atoms with E-state index in [9.17, 15) is 0 Å². The summed E-state index contributed by atoms with van der Waals surface area (Å²) in [5.41, 5.74) is 26.0. The SMILES string of the molecule is c1ccc(-c2ccc(N3c4ccc(-c5ccccc5)cc4B4c5cc(-c6ccccc6)ccc5N(c5ccc(-c6ccccc6)cc5)c5cc(-n6c7ccccc7c7cc(-c8cccc9ccccc89)ccc76)cc3c54)cc2)cc1. The van der Waals surface area contributed by atoms with E-state index in [1.54, 1.807) is 0 Å². The van der Waals surface area contributed by atoms with Gasteiger partial charge in [0.15, 0.2) is 0 Å². The van der Waals surface area contributed by atoms with Crippen LogP contribution in [0.1, 0.15) is 0 Å². The van der Waals surface area contributed by atoms with Gasteiger partial charge in [0, 0.05) is 44.9 Å². The lowest BCUT2D eigenvalue weighted by molar-refractivity contribution is 1.16. The van der Waals surface area contributed by atoms with Gasteiger partial charge in [-0.2, -0.15) is 0 Å². The van der Waals surface area contributed by atoms with Crippen LogP contribution in [0, 0.1) is 0 Å². The minimum absolute atomic E-state index is 0.118. The van der Waals surface area contributed by atoms with Crippen molar-refractivity contribution in [3.63, 3.8) is 0 Å². The van der Waals surface area contributed by atoms with Crippen molar-refractivity contribution in [3.05, 3.63) is 303 Å². The second-order valence-corrected chi connectivity index (χ2v) is 21.2. The van der Waals surface area contributed by atoms with Gasteiger partial charge in [-0.25, -0.2) is 0 Å². The number of rotatable bonds is 8. The summed E-state index contributed by atoms with van der Waals surface area (Å²) in [5, 5.41) is 4.92. The number of anilines is 6. The molecule has 0 spiro atoms. The highest BCUT2D eigenvalue weighted by molar-refractivity contribution is 7.00. The molecule has 1 aromatic heterocycles. The van der Waals surface area contributed by atoms with Gasteiger partial charge in [-0.1, -0.05) is 237 Å². The Morgan fingerprint density at radius 2 is 0.650 bits per heavy atom. The maximum Gasteiger partial charge on any atom is 0.252 e. The van der Waals surface area contributed by atoms with Crippen molar-refractivity contribution in [2.75, 3.05) is 9.80 Å². The van der Waals surface area contributed by atoms with E-state index < -0.39 is 0 Å². The molecule has 0 N–H and O–H groups in total. The molecule has 0 unspecified atom stereocenters. The number of benzene rings is 13. The number of hydrogen-bond donors (Lipinski definition) is 0. The molecule has 0 fully saturated rings. The van der Waals surface area contributed by atoms with Crippen molar-refractivity contribution in [1.82, 2.24) is 4.57 Å². The predicted molar refractivity (Wildman–Crippen MR) is 339 cm³/mol. The van der Waals surface area contributed by atoms with Crippen molar-refractivity contribution < 1.29 is 0 Å². The lowest BCUT2D eigenvalue weighted by atomic mass is 9.33. The van der Waals surface area contributed by atoms with Crippen LogP contribution in [0.2, 0.25) is 0 Å². The van der Waals surface area contributed by atoms with Crippen molar-refractivity contribution in [3.8, 4) is 61.3 Å². The summed E-state index contributed by atoms with van der Waals surface area (Å²) in [6.45, 7) is -0.118. The standard InChI is InChI=1S/C76H50BN3/c1-5-18-51(19-6-1)55-32-39-61(40-33-55)78-72-44-36-58(53-22-9-3-10-23-53)47-68(72)77-69-48-59(54-24-11-4-12-25-54)37-45-73(69)79(62-41-34-56(35-42-62)52-20-7-2-8-21-52)75-50-63(49-74(78)76(75)77)80-70-31-16-15-29-66(70)67-46-60(38-43-71(67)80)65-30-17-27-57-26-13-14-28-64(57)65/h1-50H. The van der Waals surface area contributed by atoms with Gasteiger partial charge in [-0.05, 0) is 150 Å². The third kappa shape index (κ3) is 7.45. The second kappa shape index (κ2) is 18.7. The van der Waals surface area contributed by atoms with Gasteiger partial charge < -0.3 is 14.4 Å². The minimum Gasteiger partial charge on any atom is -0.311 e. The fraction of sp³-hybridized carbons (Fsp3) is 0. The summed E-state index contributed by atoms with van der Waals surface area (Å²) in [5.74, 6) is 0. The van der Waals surface area contributed by atoms with Crippen LogP contribution in [0.15, 0.2) is 303 Å². The largest absolute Gasteiger partial charge is 0.311 e. The molecule has 14 aromatic rings. The number of para-hydroxylation sites is 1. The summed E-state index contributed by atoms with van der Waals surface area (Å²) < 4.78 is 2.51. The van der Waals surface area contributed by atoms with Crippen LogP contribution >= 0.6 is 0 Å². The molecule has 3 nitrogen and oxygen atoms in total. The van der Waals surface area contributed by atoms with E-state index in [0.717, 1.165) is 50.8 Å².